The zero-order chi connectivity index (χ0) is 9.64. The Kier molecular flexibility index (Phi) is 2.13. The minimum absolute atomic E-state index is 0.145. The number of hydrogen-bond donors (Lipinski definition) is 1. The van der Waals surface area contributed by atoms with Crippen molar-refractivity contribution in [3.8, 4) is 0 Å². The summed E-state index contributed by atoms with van der Waals surface area (Å²) in [7, 11) is -3.12. The summed E-state index contributed by atoms with van der Waals surface area (Å²) in [6, 6.07) is 0.0112. The molecule has 2 saturated heterocycles. The van der Waals surface area contributed by atoms with Crippen molar-refractivity contribution in [2.75, 3.05) is 6.26 Å². The molecule has 2 heterocycles. The maximum atomic E-state index is 11.4. The van der Waals surface area contributed by atoms with E-state index in [1.807, 2.05) is 0 Å². The first kappa shape index (κ1) is 9.43. The number of rotatable bonds is 1. The van der Waals surface area contributed by atoms with Gasteiger partial charge in [-0.1, -0.05) is 0 Å². The van der Waals surface area contributed by atoms with Crippen LogP contribution >= 0.6 is 0 Å². The first-order valence-electron chi connectivity index (χ1n) is 4.67. The topological polar surface area (TPSA) is 57.6 Å². The number of fused-ring (bicyclic) bond motifs is 2. The van der Waals surface area contributed by atoms with E-state index >= 15 is 0 Å². The molecule has 1 N–H and O–H groups in total. The lowest BCUT2D eigenvalue weighted by atomic mass is 10.0. The van der Waals surface area contributed by atoms with E-state index in [-0.39, 0.29) is 12.1 Å². The van der Waals surface area contributed by atoms with E-state index in [1.54, 1.807) is 0 Å². The molecule has 0 aromatic heterocycles. The van der Waals surface area contributed by atoms with Gasteiger partial charge in [0.25, 0.3) is 0 Å². The van der Waals surface area contributed by atoms with Gasteiger partial charge in [-0.05, 0) is 25.7 Å². The van der Waals surface area contributed by atoms with Gasteiger partial charge < -0.3 is 5.11 Å². The van der Waals surface area contributed by atoms with Gasteiger partial charge in [0.2, 0.25) is 10.0 Å². The summed E-state index contributed by atoms with van der Waals surface area (Å²) in [6.07, 6.45) is 4.07. The fourth-order valence-corrected chi connectivity index (χ4v) is 4.08. The number of aliphatic hydroxyl groups excluding tert-OH is 1. The number of nitrogens with zero attached hydrogens (tertiary/aromatic N) is 1. The van der Waals surface area contributed by atoms with Crippen molar-refractivity contribution in [1.29, 1.82) is 0 Å². The molecule has 13 heavy (non-hydrogen) atoms. The maximum Gasteiger partial charge on any atom is 0.211 e. The number of aliphatic hydroxyl groups is 1. The second-order valence-corrected chi connectivity index (χ2v) is 5.92. The molecule has 0 amide bonds. The van der Waals surface area contributed by atoms with E-state index in [1.165, 1.54) is 10.6 Å². The van der Waals surface area contributed by atoms with E-state index in [2.05, 4.69) is 0 Å². The van der Waals surface area contributed by atoms with Crippen molar-refractivity contribution in [2.24, 2.45) is 0 Å². The first-order chi connectivity index (χ1) is 6.00. The van der Waals surface area contributed by atoms with Gasteiger partial charge in [0.05, 0.1) is 18.4 Å². The molecule has 0 radical (unpaired) electrons. The predicted molar refractivity (Wildman–Crippen MR) is 48.7 cm³/mol. The predicted octanol–water partition coefficient (Wildman–Crippen LogP) is -0.0663. The zero-order valence-electron chi connectivity index (χ0n) is 7.68. The van der Waals surface area contributed by atoms with Gasteiger partial charge in [-0.2, -0.15) is 4.31 Å². The number of piperidine rings is 1. The Bertz CT molecular complexity index is 301. The molecule has 2 fully saturated rings. The highest BCUT2D eigenvalue weighted by Gasteiger charge is 2.45. The molecule has 2 bridgehead atoms. The molecule has 76 valence electrons. The van der Waals surface area contributed by atoms with E-state index in [9.17, 15) is 13.5 Å². The number of sulfonamides is 1. The molecular weight excluding hydrogens is 190 g/mol. The van der Waals surface area contributed by atoms with E-state index < -0.39 is 16.1 Å². The monoisotopic (exact) mass is 205 g/mol. The second kappa shape index (κ2) is 2.93. The third-order valence-electron chi connectivity index (χ3n) is 3.11. The summed E-state index contributed by atoms with van der Waals surface area (Å²) in [5, 5.41) is 9.62. The van der Waals surface area contributed by atoms with Gasteiger partial charge in [-0.25, -0.2) is 8.42 Å². The summed E-state index contributed by atoms with van der Waals surface area (Å²) in [5.74, 6) is 0. The van der Waals surface area contributed by atoms with Crippen LogP contribution in [0, 0.1) is 0 Å². The zero-order valence-corrected chi connectivity index (χ0v) is 8.50. The Morgan fingerprint density at radius 1 is 1.23 bits per heavy atom. The minimum atomic E-state index is -3.12. The van der Waals surface area contributed by atoms with E-state index in [0.29, 0.717) is 0 Å². The largest absolute Gasteiger partial charge is 0.391 e. The SMILES string of the molecule is CS(=O)(=O)N1C2CCC(O)C1CC2. The number of hydrogen-bond acceptors (Lipinski definition) is 3. The van der Waals surface area contributed by atoms with Crippen LogP contribution in [0.5, 0.6) is 0 Å². The summed E-state index contributed by atoms with van der Waals surface area (Å²) in [5.41, 5.74) is 0. The second-order valence-electron chi connectivity index (χ2n) is 4.04. The molecule has 0 aromatic carbocycles. The minimum Gasteiger partial charge on any atom is -0.391 e. The summed E-state index contributed by atoms with van der Waals surface area (Å²) >= 11 is 0. The van der Waals surface area contributed by atoms with Crippen LogP contribution in [0.25, 0.3) is 0 Å². The van der Waals surface area contributed by atoms with Gasteiger partial charge in [-0.3, -0.25) is 0 Å². The smallest absolute Gasteiger partial charge is 0.211 e. The molecule has 2 aliphatic rings. The Labute approximate surface area is 78.6 Å². The molecule has 3 unspecified atom stereocenters. The van der Waals surface area contributed by atoms with Crippen LogP contribution in [0.15, 0.2) is 0 Å². The summed E-state index contributed by atoms with van der Waals surface area (Å²) in [4.78, 5) is 0. The molecule has 2 aliphatic heterocycles. The lowest BCUT2D eigenvalue weighted by Gasteiger charge is -2.35. The summed E-state index contributed by atoms with van der Waals surface area (Å²) < 4.78 is 24.3. The van der Waals surface area contributed by atoms with Crippen LogP contribution in [0.4, 0.5) is 0 Å². The van der Waals surface area contributed by atoms with Crippen molar-refractivity contribution in [3.63, 3.8) is 0 Å². The third-order valence-corrected chi connectivity index (χ3v) is 4.44. The standard InChI is InChI=1S/C8H15NO3S/c1-13(11,12)9-6-2-4-7(9)8(10)5-3-6/h6-8,10H,2-5H2,1H3. The molecule has 0 saturated carbocycles. The van der Waals surface area contributed by atoms with E-state index in [0.717, 1.165) is 25.7 Å². The molecule has 0 spiro atoms. The Morgan fingerprint density at radius 3 is 2.38 bits per heavy atom. The van der Waals surface area contributed by atoms with Gasteiger partial charge in [0.15, 0.2) is 0 Å². The highest BCUT2D eigenvalue weighted by molar-refractivity contribution is 7.88. The molecule has 4 nitrogen and oxygen atoms in total. The lowest BCUT2D eigenvalue weighted by Crippen LogP contribution is -2.49. The highest BCUT2D eigenvalue weighted by Crippen LogP contribution is 2.37. The maximum absolute atomic E-state index is 11.4. The molecule has 0 aromatic rings. The Morgan fingerprint density at radius 2 is 1.85 bits per heavy atom. The van der Waals surface area contributed by atoms with Gasteiger partial charge in [0.1, 0.15) is 0 Å². The van der Waals surface area contributed by atoms with Crippen molar-refractivity contribution >= 4 is 10.0 Å². The van der Waals surface area contributed by atoms with Crippen LogP contribution in [0.2, 0.25) is 0 Å². The third kappa shape index (κ3) is 1.49. The Hall–Kier alpha value is -0.130. The lowest BCUT2D eigenvalue weighted by molar-refractivity contribution is 0.0586. The molecule has 5 heteroatoms. The molecule has 3 atom stereocenters. The van der Waals surface area contributed by atoms with Crippen LogP contribution in [-0.4, -0.2) is 42.3 Å². The van der Waals surface area contributed by atoms with Crippen LogP contribution in [-0.2, 0) is 10.0 Å². The van der Waals surface area contributed by atoms with E-state index in [4.69, 9.17) is 0 Å². The van der Waals surface area contributed by atoms with Crippen LogP contribution in [0.1, 0.15) is 25.7 Å². The molecular formula is C8H15NO3S. The fourth-order valence-electron chi connectivity index (χ4n) is 2.59. The highest BCUT2D eigenvalue weighted by atomic mass is 32.2. The van der Waals surface area contributed by atoms with Crippen molar-refractivity contribution in [1.82, 2.24) is 4.31 Å². The Balaban J connectivity index is 2.30. The van der Waals surface area contributed by atoms with Crippen molar-refractivity contribution < 1.29 is 13.5 Å². The van der Waals surface area contributed by atoms with Crippen molar-refractivity contribution in [2.45, 2.75) is 43.9 Å². The normalized spacial score (nSPS) is 40.9. The van der Waals surface area contributed by atoms with Gasteiger partial charge in [-0.15, -0.1) is 0 Å². The fraction of sp³-hybridized carbons (Fsp3) is 1.00. The van der Waals surface area contributed by atoms with Crippen LogP contribution in [0.3, 0.4) is 0 Å². The molecule has 2 rings (SSSR count). The summed E-state index contributed by atoms with van der Waals surface area (Å²) in [6.45, 7) is 0. The average molecular weight is 205 g/mol. The molecule has 0 aliphatic carbocycles. The van der Waals surface area contributed by atoms with Crippen molar-refractivity contribution in [3.05, 3.63) is 0 Å². The van der Waals surface area contributed by atoms with Gasteiger partial charge in [0, 0.05) is 6.04 Å². The van der Waals surface area contributed by atoms with Gasteiger partial charge >= 0.3 is 0 Å². The van der Waals surface area contributed by atoms with Crippen LogP contribution < -0.4 is 0 Å². The average Bonchev–Trinajstić information content (AvgIpc) is 2.35. The quantitative estimate of drug-likeness (QED) is 0.652. The first-order valence-corrected chi connectivity index (χ1v) is 6.51.